The van der Waals surface area contributed by atoms with Crippen LogP contribution in [0.5, 0.6) is 0 Å². The fourth-order valence-electron chi connectivity index (χ4n) is 5.43. The molecule has 2 aliphatic rings. The van der Waals surface area contributed by atoms with E-state index in [1.807, 2.05) is 6.20 Å². The zero-order valence-electron chi connectivity index (χ0n) is 21.2. The van der Waals surface area contributed by atoms with Crippen molar-refractivity contribution in [3.8, 4) is 0 Å². The number of nitrogens with one attached hydrogen (secondary N) is 1. The van der Waals surface area contributed by atoms with Crippen molar-refractivity contribution in [3.05, 3.63) is 59.2 Å². The van der Waals surface area contributed by atoms with Gasteiger partial charge in [0.1, 0.15) is 11.5 Å². The van der Waals surface area contributed by atoms with E-state index in [2.05, 4.69) is 82.7 Å². The van der Waals surface area contributed by atoms with Crippen LogP contribution < -0.4 is 10.2 Å². The summed E-state index contributed by atoms with van der Waals surface area (Å²) in [4.78, 5) is 17.3. The molecule has 1 fully saturated rings. The van der Waals surface area contributed by atoms with Crippen LogP contribution in [0.25, 0.3) is 5.65 Å². The van der Waals surface area contributed by atoms with Crippen LogP contribution in [0.1, 0.15) is 55.4 Å². The molecule has 0 saturated carbocycles. The standard InChI is InChI=1S/C27H39N7/c1-20(2)29-18-24-22(19-32(4)23-10-5-8-21-9-7-13-28-27(21)23)30-25-11-6-12-26(34(24)25)33-16-14-31(3)15-17-33/h6-7,9,11-13,20,23,29H,5,8,10,14-19H2,1-4H3/t23-/m0/s1. The van der Waals surface area contributed by atoms with Crippen molar-refractivity contribution in [2.45, 2.75) is 58.3 Å². The second kappa shape index (κ2) is 10.0. The second-order valence-corrected chi connectivity index (χ2v) is 10.3. The molecule has 3 aromatic rings. The first-order valence-corrected chi connectivity index (χ1v) is 12.8. The Hall–Kier alpha value is -2.48. The van der Waals surface area contributed by atoms with Gasteiger partial charge in [-0.25, -0.2) is 4.98 Å². The number of rotatable bonds is 7. The predicted octanol–water partition coefficient (Wildman–Crippen LogP) is 3.49. The highest BCUT2D eigenvalue weighted by atomic mass is 15.3. The monoisotopic (exact) mass is 461 g/mol. The van der Waals surface area contributed by atoms with Crippen molar-refractivity contribution in [1.29, 1.82) is 0 Å². The minimum atomic E-state index is 0.345. The number of imidazole rings is 1. The van der Waals surface area contributed by atoms with Gasteiger partial charge in [-0.3, -0.25) is 14.3 Å². The SMILES string of the molecule is CC(C)NCc1c(CN(C)[C@H]2CCCc3cccnc32)nc2cccc(N3CCN(C)CC3)n12. The molecule has 0 unspecified atom stereocenters. The number of piperazine rings is 1. The summed E-state index contributed by atoms with van der Waals surface area (Å²) in [5.41, 5.74) is 6.14. The van der Waals surface area contributed by atoms with E-state index in [9.17, 15) is 0 Å². The summed E-state index contributed by atoms with van der Waals surface area (Å²) in [6, 6.07) is 11.6. The number of hydrogen-bond acceptors (Lipinski definition) is 6. The predicted molar refractivity (Wildman–Crippen MR) is 138 cm³/mol. The number of hydrogen-bond donors (Lipinski definition) is 1. The summed E-state index contributed by atoms with van der Waals surface area (Å²) in [6.45, 7) is 10.3. The quantitative estimate of drug-likeness (QED) is 0.581. The van der Waals surface area contributed by atoms with E-state index in [4.69, 9.17) is 9.97 Å². The Morgan fingerprint density at radius 1 is 1.12 bits per heavy atom. The number of pyridine rings is 2. The van der Waals surface area contributed by atoms with E-state index in [-0.39, 0.29) is 0 Å². The number of nitrogens with zero attached hydrogens (tertiary/aromatic N) is 6. The normalized spacial score (nSPS) is 19.4. The summed E-state index contributed by atoms with van der Waals surface area (Å²) in [5, 5.41) is 3.67. The Labute approximate surface area is 203 Å². The van der Waals surface area contributed by atoms with Crippen molar-refractivity contribution < 1.29 is 0 Å². The van der Waals surface area contributed by atoms with Crippen LogP contribution in [0.3, 0.4) is 0 Å². The Morgan fingerprint density at radius 3 is 2.74 bits per heavy atom. The first-order chi connectivity index (χ1) is 16.5. The van der Waals surface area contributed by atoms with Crippen molar-refractivity contribution in [2.24, 2.45) is 0 Å². The molecule has 182 valence electrons. The first kappa shape index (κ1) is 23.3. The highest BCUT2D eigenvalue weighted by molar-refractivity contribution is 5.55. The Morgan fingerprint density at radius 2 is 1.94 bits per heavy atom. The van der Waals surface area contributed by atoms with Crippen LogP contribution in [-0.2, 0) is 19.5 Å². The molecule has 0 amide bonds. The van der Waals surface area contributed by atoms with Gasteiger partial charge >= 0.3 is 0 Å². The van der Waals surface area contributed by atoms with Gasteiger partial charge < -0.3 is 15.1 Å². The highest BCUT2D eigenvalue weighted by Gasteiger charge is 2.27. The Kier molecular flexibility index (Phi) is 6.86. The summed E-state index contributed by atoms with van der Waals surface area (Å²) in [5.74, 6) is 1.26. The molecule has 1 saturated heterocycles. The van der Waals surface area contributed by atoms with Gasteiger partial charge in [0.05, 0.1) is 23.1 Å². The fourth-order valence-corrected chi connectivity index (χ4v) is 5.43. The van der Waals surface area contributed by atoms with E-state index >= 15 is 0 Å². The number of fused-ring (bicyclic) bond motifs is 2. The molecule has 1 aliphatic heterocycles. The number of likely N-dealkylation sites (N-methyl/N-ethyl adjacent to an activating group) is 1. The second-order valence-electron chi connectivity index (χ2n) is 10.3. The van der Waals surface area contributed by atoms with Crippen LogP contribution in [0, 0.1) is 0 Å². The maximum Gasteiger partial charge on any atom is 0.138 e. The molecular weight excluding hydrogens is 422 g/mol. The molecule has 0 spiro atoms. The van der Waals surface area contributed by atoms with Crippen LogP contribution in [0.4, 0.5) is 5.82 Å². The summed E-state index contributed by atoms with van der Waals surface area (Å²) >= 11 is 0. The minimum Gasteiger partial charge on any atom is -0.355 e. The molecule has 0 bridgehead atoms. The maximum atomic E-state index is 5.18. The Balaban J connectivity index is 1.49. The highest BCUT2D eigenvalue weighted by Crippen LogP contribution is 2.33. The van der Waals surface area contributed by atoms with Crippen molar-refractivity contribution >= 4 is 11.5 Å². The van der Waals surface area contributed by atoms with Gasteiger partial charge in [-0.1, -0.05) is 26.0 Å². The smallest absolute Gasteiger partial charge is 0.138 e. The third-order valence-electron chi connectivity index (χ3n) is 7.40. The average molecular weight is 462 g/mol. The molecule has 1 N–H and O–H groups in total. The largest absolute Gasteiger partial charge is 0.355 e. The molecule has 3 aromatic heterocycles. The zero-order chi connectivity index (χ0) is 23.7. The molecular formula is C27H39N7. The van der Waals surface area contributed by atoms with Crippen molar-refractivity contribution in [1.82, 2.24) is 29.5 Å². The van der Waals surface area contributed by atoms with Crippen molar-refractivity contribution in [3.63, 3.8) is 0 Å². The van der Waals surface area contributed by atoms with Gasteiger partial charge in [0.15, 0.2) is 0 Å². The van der Waals surface area contributed by atoms with Gasteiger partial charge in [0, 0.05) is 51.5 Å². The third kappa shape index (κ3) is 4.69. The van der Waals surface area contributed by atoms with Crippen LogP contribution in [0.15, 0.2) is 36.5 Å². The molecule has 0 radical (unpaired) electrons. The molecule has 0 aromatic carbocycles. The zero-order valence-corrected chi connectivity index (χ0v) is 21.2. The van der Waals surface area contributed by atoms with Crippen LogP contribution in [-0.4, -0.2) is 70.5 Å². The van der Waals surface area contributed by atoms with Gasteiger partial charge in [-0.15, -0.1) is 0 Å². The molecule has 1 atom stereocenters. The molecule has 1 aliphatic carbocycles. The first-order valence-electron chi connectivity index (χ1n) is 12.8. The Bertz CT molecular complexity index is 1110. The lowest BCUT2D eigenvalue weighted by molar-refractivity contribution is 0.206. The summed E-state index contributed by atoms with van der Waals surface area (Å²) < 4.78 is 2.40. The topological polar surface area (TPSA) is 51.9 Å². The van der Waals surface area contributed by atoms with E-state index in [0.29, 0.717) is 12.1 Å². The lowest BCUT2D eigenvalue weighted by Crippen LogP contribution is -2.45. The summed E-state index contributed by atoms with van der Waals surface area (Å²) in [7, 11) is 4.44. The number of anilines is 1. The molecule has 34 heavy (non-hydrogen) atoms. The molecule has 7 nitrogen and oxygen atoms in total. The number of aryl methyl sites for hydroxylation is 1. The van der Waals surface area contributed by atoms with Gasteiger partial charge in [0.25, 0.3) is 0 Å². The fraction of sp³-hybridized carbons (Fsp3) is 0.556. The minimum absolute atomic E-state index is 0.345. The third-order valence-corrected chi connectivity index (χ3v) is 7.40. The van der Waals surface area contributed by atoms with Gasteiger partial charge in [-0.2, -0.15) is 0 Å². The molecule has 5 rings (SSSR count). The van der Waals surface area contributed by atoms with E-state index < -0.39 is 0 Å². The lowest BCUT2D eigenvalue weighted by Gasteiger charge is -2.34. The van der Waals surface area contributed by atoms with E-state index in [1.54, 1.807) is 0 Å². The maximum absolute atomic E-state index is 5.18. The van der Waals surface area contributed by atoms with Crippen molar-refractivity contribution in [2.75, 3.05) is 45.2 Å². The average Bonchev–Trinajstić information content (AvgIpc) is 3.19. The van der Waals surface area contributed by atoms with E-state index in [0.717, 1.165) is 57.8 Å². The van der Waals surface area contributed by atoms with E-state index in [1.165, 1.54) is 34.9 Å². The van der Waals surface area contributed by atoms with Crippen LogP contribution >= 0.6 is 0 Å². The van der Waals surface area contributed by atoms with Crippen LogP contribution in [0.2, 0.25) is 0 Å². The lowest BCUT2D eigenvalue weighted by atomic mass is 9.91. The number of aromatic nitrogens is 3. The molecule has 4 heterocycles. The molecule has 7 heteroatoms. The van der Waals surface area contributed by atoms with Gasteiger partial charge in [-0.05, 0) is 57.1 Å². The van der Waals surface area contributed by atoms with Gasteiger partial charge in [0.2, 0.25) is 0 Å². The summed E-state index contributed by atoms with van der Waals surface area (Å²) in [6.07, 6.45) is 5.45.